The van der Waals surface area contributed by atoms with E-state index in [9.17, 15) is 0 Å². The van der Waals surface area contributed by atoms with Crippen LogP contribution >= 0.6 is 0 Å². The molecular formula is C49H44N+. The normalized spacial score (nSPS) is 18.5. The van der Waals surface area contributed by atoms with Crippen LogP contribution in [0.15, 0.2) is 134 Å². The predicted octanol–water partition coefficient (Wildman–Crippen LogP) is 12.8. The fourth-order valence-electron chi connectivity index (χ4n) is 10.2. The van der Waals surface area contributed by atoms with E-state index in [0.717, 1.165) is 18.3 Å². The lowest BCUT2D eigenvalue weighted by Crippen LogP contribution is -2.56. The van der Waals surface area contributed by atoms with Crippen molar-refractivity contribution in [2.45, 2.75) is 76.2 Å². The van der Waals surface area contributed by atoms with Gasteiger partial charge >= 0.3 is 0 Å². The maximum absolute atomic E-state index is 2.81. The number of aryl methyl sites for hydroxylation is 1. The Bertz CT molecular complexity index is 2380. The molecule has 2 unspecified atom stereocenters. The first-order valence-corrected chi connectivity index (χ1v) is 19.0. The first-order valence-electron chi connectivity index (χ1n) is 19.0. The van der Waals surface area contributed by atoms with Crippen molar-refractivity contribution in [1.82, 2.24) is 0 Å². The van der Waals surface area contributed by atoms with Crippen molar-refractivity contribution in [3.8, 4) is 44.5 Å². The van der Waals surface area contributed by atoms with Gasteiger partial charge in [-0.1, -0.05) is 111 Å². The van der Waals surface area contributed by atoms with E-state index in [1.807, 2.05) is 0 Å². The quantitative estimate of drug-likeness (QED) is 0.125. The van der Waals surface area contributed by atoms with Gasteiger partial charge in [0.15, 0.2) is 11.7 Å². The number of rotatable bonds is 6. The van der Waals surface area contributed by atoms with E-state index < -0.39 is 0 Å². The minimum absolute atomic E-state index is 0.155. The van der Waals surface area contributed by atoms with Crippen LogP contribution in [0.5, 0.6) is 0 Å². The number of hydrogen-bond donors (Lipinski definition) is 0. The van der Waals surface area contributed by atoms with Gasteiger partial charge in [0, 0.05) is 24.8 Å². The summed E-state index contributed by atoms with van der Waals surface area (Å²) >= 11 is 0. The third-order valence-electron chi connectivity index (χ3n) is 13.0. The zero-order valence-electron chi connectivity index (χ0n) is 29.3. The molecule has 0 spiro atoms. The van der Waals surface area contributed by atoms with Crippen LogP contribution < -0.4 is 4.57 Å². The molecule has 2 heterocycles. The maximum Gasteiger partial charge on any atom is 0.221 e. The van der Waals surface area contributed by atoms with Crippen molar-refractivity contribution in [3.05, 3.63) is 150 Å². The molecule has 1 aromatic heterocycles. The average Bonchev–Trinajstić information content (AvgIpc) is 3.78. The van der Waals surface area contributed by atoms with Gasteiger partial charge in [0.05, 0.1) is 10.8 Å². The van der Waals surface area contributed by atoms with E-state index in [1.165, 1.54) is 110 Å². The number of benzene rings is 6. The molecule has 0 saturated heterocycles. The van der Waals surface area contributed by atoms with Gasteiger partial charge in [-0.2, -0.15) is 4.57 Å². The van der Waals surface area contributed by atoms with Crippen molar-refractivity contribution >= 4 is 21.7 Å². The first-order chi connectivity index (χ1) is 24.6. The summed E-state index contributed by atoms with van der Waals surface area (Å²) in [7, 11) is 0. The van der Waals surface area contributed by atoms with Crippen LogP contribution in [0.1, 0.15) is 80.9 Å². The molecule has 1 fully saturated rings. The third kappa shape index (κ3) is 4.49. The fourth-order valence-corrected chi connectivity index (χ4v) is 10.2. The molecule has 2 aliphatic carbocycles. The number of fused-ring (bicyclic) bond motifs is 6. The highest BCUT2D eigenvalue weighted by atomic mass is 15.1. The minimum Gasteiger partial charge on any atom is -0.192 e. The van der Waals surface area contributed by atoms with E-state index in [0.29, 0.717) is 0 Å². The Morgan fingerprint density at radius 3 is 1.88 bits per heavy atom. The summed E-state index contributed by atoms with van der Waals surface area (Å²) in [6.45, 7) is 4.84. The Morgan fingerprint density at radius 1 is 0.580 bits per heavy atom. The summed E-state index contributed by atoms with van der Waals surface area (Å²) in [6.07, 6.45) is 11.4. The monoisotopic (exact) mass is 646 g/mol. The summed E-state index contributed by atoms with van der Waals surface area (Å²) in [5, 5.41) is 4.43. The smallest absolute Gasteiger partial charge is 0.192 e. The van der Waals surface area contributed by atoms with E-state index in [1.54, 1.807) is 11.1 Å². The molecule has 1 aliphatic heterocycles. The molecule has 10 rings (SSSR count). The molecular weight excluding hydrogens is 603 g/mol. The summed E-state index contributed by atoms with van der Waals surface area (Å²) in [5.41, 5.74) is 16.6. The maximum atomic E-state index is 2.81. The highest BCUT2D eigenvalue weighted by Gasteiger charge is 2.46. The summed E-state index contributed by atoms with van der Waals surface area (Å²) in [5.74, 6) is 1.49. The van der Waals surface area contributed by atoms with Crippen LogP contribution in [0.2, 0.25) is 0 Å². The van der Waals surface area contributed by atoms with Gasteiger partial charge in [-0.05, 0) is 129 Å². The molecule has 6 aromatic carbocycles. The van der Waals surface area contributed by atoms with Crippen LogP contribution in [0.4, 0.5) is 0 Å². The van der Waals surface area contributed by atoms with Gasteiger partial charge in [0.25, 0.3) is 0 Å². The minimum atomic E-state index is 0.155. The van der Waals surface area contributed by atoms with Gasteiger partial charge in [-0.15, -0.1) is 0 Å². The second-order valence-corrected chi connectivity index (χ2v) is 15.3. The van der Waals surface area contributed by atoms with Crippen LogP contribution in [0.3, 0.4) is 0 Å². The van der Waals surface area contributed by atoms with E-state index in [2.05, 4.69) is 152 Å². The Hall–Kier alpha value is -5.01. The van der Waals surface area contributed by atoms with Crippen molar-refractivity contribution < 1.29 is 4.57 Å². The molecule has 3 aliphatic rings. The predicted molar refractivity (Wildman–Crippen MR) is 210 cm³/mol. The van der Waals surface area contributed by atoms with Gasteiger partial charge in [0.2, 0.25) is 5.52 Å². The molecule has 244 valence electrons. The Balaban J connectivity index is 1.18. The lowest BCUT2D eigenvalue weighted by atomic mass is 9.85. The lowest BCUT2D eigenvalue weighted by Gasteiger charge is -2.28. The molecule has 0 N–H and O–H groups in total. The van der Waals surface area contributed by atoms with Crippen molar-refractivity contribution in [2.75, 3.05) is 0 Å². The Labute approximate surface area is 296 Å². The lowest BCUT2D eigenvalue weighted by molar-refractivity contribution is -0.743. The van der Waals surface area contributed by atoms with Gasteiger partial charge in [-0.25, -0.2) is 0 Å². The second-order valence-electron chi connectivity index (χ2n) is 15.3. The molecule has 7 aromatic rings. The molecule has 0 radical (unpaired) electrons. The largest absolute Gasteiger partial charge is 0.221 e. The Kier molecular flexibility index (Phi) is 6.88. The van der Waals surface area contributed by atoms with Gasteiger partial charge < -0.3 is 0 Å². The zero-order valence-corrected chi connectivity index (χ0v) is 29.3. The first kappa shape index (κ1) is 29.9. The second kappa shape index (κ2) is 11.5. The van der Waals surface area contributed by atoms with Crippen molar-refractivity contribution in [3.63, 3.8) is 0 Å². The molecule has 1 heteroatoms. The molecule has 0 amide bonds. The summed E-state index contributed by atoms with van der Waals surface area (Å²) in [4.78, 5) is 0. The van der Waals surface area contributed by atoms with Crippen LogP contribution in [-0.2, 0) is 12.0 Å². The highest BCUT2D eigenvalue weighted by Crippen LogP contribution is 2.56. The molecule has 1 saturated carbocycles. The number of hydrogen-bond acceptors (Lipinski definition) is 0. The Morgan fingerprint density at radius 2 is 1.18 bits per heavy atom. The number of aromatic nitrogens is 1. The van der Waals surface area contributed by atoms with Gasteiger partial charge in [-0.3, -0.25) is 0 Å². The number of nitrogens with zero attached hydrogens (tertiary/aromatic N) is 1. The topological polar surface area (TPSA) is 3.88 Å². The van der Waals surface area contributed by atoms with Crippen molar-refractivity contribution in [2.24, 2.45) is 0 Å². The van der Waals surface area contributed by atoms with Crippen LogP contribution in [0.25, 0.3) is 66.2 Å². The van der Waals surface area contributed by atoms with Gasteiger partial charge in [0.1, 0.15) is 0 Å². The average molecular weight is 647 g/mol. The van der Waals surface area contributed by atoms with Crippen molar-refractivity contribution in [1.29, 1.82) is 0 Å². The highest BCUT2D eigenvalue weighted by molar-refractivity contribution is 6.12. The summed E-state index contributed by atoms with van der Waals surface area (Å²) < 4.78 is 2.81. The van der Waals surface area contributed by atoms with E-state index in [4.69, 9.17) is 0 Å². The van der Waals surface area contributed by atoms with E-state index in [-0.39, 0.29) is 5.54 Å². The summed E-state index contributed by atoms with van der Waals surface area (Å²) in [6, 6.07) is 47.8. The molecule has 50 heavy (non-hydrogen) atoms. The third-order valence-corrected chi connectivity index (χ3v) is 13.0. The SMILES string of the molecule is CCC1(CC)CCc2ccc(-c3cccc(-c4cc(-c5ccccc5)cc(-c5ccccc5)c4)c3)c3ccc4c5c(c[n+]1c4c23)C1CCC5C1. The fraction of sp³-hybridized carbons (Fsp3) is 0.245. The zero-order chi connectivity index (χ0) is 33.4. The molecule has 2 atom stereocenters. The molecule has 2 bridgehead atoms. The number of pyridine rings is 1. The molecule has 1 nitrogen and oxygen atoms in total. The van der Waals surface area contributed by atoms with Crippen LogP contribution in [0, 0.1) is 0 Å². The standard InChI is InChI=1S/C49H44N/c1-3-49(4-2)25-24-34-20-21-42(43-22-23-44-46-38-19-18-37(27-38)45(46)31-50(49)48(44)47(34)43)36-17-11-16-35(26-36)41-29-39(32-12-7-5-8-13-32)28-40(30-41)33-14-9-6-10-15-33/h5-17,20-23,26,28-31,37-38H,3-4,18-19,24-25,27H2,1-2H3/q+1. The van der Waals surface area contributed by atoms with E-state index >= 15 is 0 Å². The van der Waals surface area contributed by atoms with Crippen LogP contribution in [-0.4, -0.2) is 0 Å².